The maximum absolute atomic E-state index is 13.6. The fourth-order valence-electron chi connectivity index (χ4n) is 7.89. The van der Waals surface area contributed by atoms with Crippen LogP contribution in [0.25, 0.3) is 10.8 Å². The molecule has 2 N–H and O–H groups in total. The standard InChI is InChI=1S/C39H38N8O5/c1-39(2,38(52)42-32-10-7-24(18-40)28-5-3-4-6-29(28)32)46-20-25(19-41-46)23-13-15-44(16-14-23)27-21-45(22-27)26-8-9-30-31(17-26)37(51)47(36(30)50)33-11-12-34(48)43-35(33)49/h3-10,17,19-20,23,27,33H,11-16,21-22H2,1-2H3,(H,42,52)(H,43,48,49). The van der Waals surface area contributed by atoms with Gasteiger partial charge >= 0.3 is 0 Å². The van der Waals surface area contributed by atoms with Crippen molar-refractivity contribution in [1.82, 2.24) is 24.9 Å². The summed E-state index contributed by atoms with van der Waals surface area (Å²) < 4.78 is 1.73. The van der Waals surface area contributed by atoms with E-state index in [2.05, 4.69) is 31.6 Å². The number of nitrogens with one attached hydrogen (secondary N) is 2. The number of amides is 5. The molecule has 8 rings (SSSR count). The van der Waals surface area contributed by atoms with Crippen molar-refractivity contribution in [2.75, 3.05) is 36.4 Å². The molecule has 0 radical (unpaired) electrons. The molecule has 4 aliphatic rings. The van der Waals surface area contributed by atoms with Crippen molar-refractivity contribution >= 4 is 51.7 Å². The lowest BCUT2D eigenvalue weighted by molar-refractivity contribution is -0.136. The Bertz CT molecular complexity index is 2210. The van der Waals surface area contributed by atoms with Gasteiger partial charge in [0.25, 0.3) is 17.7 Å². The van der Waals surface area contributed by atoms with Gasteiger partial charge in [0.2, 0.25) is 11.8 Å². The summed E-state index contributed by atoms with van der Waals surface area (Å²) in [5, 5.41) is 21.0. The summed E-state index contributed by atoms with van der Waals surface area (Å²) in [4.78, 5) is 69.6. The molecular weight excluding hydrogens is 660 g/mol. The number of benzene rings is 3. The third kappa shape index (κ3) is 5.59. The van der Waals surface area contributed by atoms with Gasteiger partial charge in [-0.2, -0.15) is 10.4 Å². The average Bonchev–Trinajstić information content (AvgIpc) is 3.72. The van der Waals surface area contributed by atoms with E-state index in [-0.39, 0.29) is 24.3 Å². The number of hydrogen-bond donors (Lipinski definition) is 2. The first-order valence-corrected chi connectivity index (χ1v) is 17.7. The van der Waals surface area contributed by atoms with E-state index in [4.69, 9.17) is 0 Å². The van der Waals surface area contributed by atoms with E-state index in [9.17, 15) is 29.2 Å². The van der Waals surface area contributed by atoms with Crippen LogP contribution in [0.2, 0.25) is 0 Å². The summed E-state index contributed by atoms with van der Waals surface area (Å²) in [7, 11) is 0. The minimum Gasteiger partial charge on any atom is -0.368 e. The van der Waals surface area contributed by atoms with E-state index in [0.29, 0.717) is 28.8 Å². The summed E-state index contributed by atoms with van der Waals surface area (Å²) in [6.07, 6.45) is 6.02. The van der Waals surface area contributed by atoms with Crippen LogP contribution in [0.3, 0.4) is 0 Å². The molecule has 13 heteroatoms. The van der Waals surface area contributed by atoms with Crippen LogP contribution in [-0.2, 0) is 19.9 Å². The molecule has 0 bridgehead atoms. The molecule has 5 heterocycles. The zero-order valence-electron chi connectivity index (χ0n) is 29.0. The maximum Gasteiger partial charge on any atom is 0.262 e. The van der Waals surface area contributed by atoms with Gasteiger partial charge in [-0.05, 0) is 88.0 Å². The first kappa shape index (κ1) is 33.3. The number of nitriles is 1. The Morgan fingerprint density at radius 1 is 0.942 bits per heavy atom. The van der Waals surface area contributed by atoms with Crippen molar-refractivity contribution in [2.45, 2.75) is 63.1 Å². The highest BCUT2D eigenvalue weighted by Gasteiger charge is 2.45. The van der Waals surface area contributed by atoms with Gasteiger partial charge in [-0.1, -0.05) is 24.3 Å². The highest BCUT2D eigenvalue weighted by atomic mass is 16.2. The molecule has 3 aromatic carbocycles. The van der Waals surface area contributed by atoms with Gasteiger partial charge in [-0.15, -0.1) is 0 Å². The first-order valence-electron chi connectivity index (χ1n) is 17.7. The number of fused-ring (bicyclic) bond motifs is 2. The van der Waals surface area contributed by atoms with E-state index in [1.807, 2.05) is 56.6 Å². The van der Waals surface area contributed by atoms with Crippen molar-refractivity contribution in [1.29, 1.82) is 5.26 Å². The summed E-state index contributed by atoms with van der Waals surface area (Å²) in [5.41, 5.74) is 2.80. The zero-order valence-corrected chi connectivity index (χ0v) is 29.0. The molecule has 3 fully saturated rings. The van der Waals surface area contributed by atoms with E-state index in [1.165, 1.54) is 0 Å². The Morgan fingerprint density at radius 2 is 1.67 bits per heavy atom. The minimum atomic E-state index is -0.980. The summed E-state index contributed by atoms with van der Waals surface area (Å²) in [6.45, 7) is 7.17. The Hall–Kier alpha value is -5.87. The fraction of sp³-hybridized carbons (Fsp3) is 0.359. The number of rotatable bonds is 7. The first-order chi connectivity index (χ1) is 25.0. The quantitative estimate of drug-likeness (QED) is 0.274. The lowest BCUT2D eigenvalue weighted by Gasteiger charge is -2.48. The average molecular weight is 699 g/mol. The van der Waals surface area contributed by atoms with Crippen molar-refractivity contribution in [3.63, 3.8) is 0 Å². The van der Waals surface area contributed by atoms with Gasteiger partial charge in [0.1, 0.15) is 11.6 Å². The van der Waals surface area contributed by atoms with Crippen LogP contribution in [0.5, 0.6) is 0 Å². The van der Waals surface area contributed by atoms with Crippen LogP contribution >= 0.6 is 0 Å². The Morgan fingerprint density at radius 3 is 2.40 bits per heavy atom. The van der Waals surface area contributed by atoms with Crippen LogP contribution in [0.1, 0.15) is 77.3 Å². The number of carbonyl (C=O) groups excluding carboxylic acids is 5. The van der Waals surface area contributed by atoms with Crippen LogP contribution in [0.4, 0.5) is 11.4 Å². The largest absolute Gasteiger partial charge is 0.368 e. The van der Waals surface area contributed by atoms with Crippen molar-refractivity contribution in [2.24, 2.45) is 0 Å². The van der Waals surface area contributed by atoms with Gasteiger partial charge in [0, 0.05) is 53.9 Å². The molecule has 4 aromatic rings. The number of likely N-dealkylation sites (tertiary alicyclic amines) is 1. The molecule has 3 saturated heterocycles. The molecule has 1 unspecified atom stereocenters. The molecule has 1 aromatic heterocycles. The monoisotopic (exact) mass is 698 g/mol. The van der Waals surface area contributed by atoms with Crippen molar-refractivity contribution in [3.8, 4) is 6.07 Å². The fourth-order valence-corrected chi connectivity index (χ4v) is 7.89. The number of carbonyl (C=O) groups is 5. The highest BCUT2D eigenvalue weighted by Crippen LogP contribution is 2.35. The van der Waals surface area contributed by atoms with Crippen LogP contribution < -0.4 is 15.5 Å². The molecule has 1 atom stereocenters. The second kappa shape index (κ2) is 12.7. The normalized spacial score (nSPS) is 20.1. The number of imide groups is 2. The number of hydrogen-bond acceptors (Lipinski definition) is 9. The third-order valence-corrected chi connectivity index (χ3v) is 11.2. The SMILES string of the molecule is CC(C)(C(=O)Nc1ccc(C#N)c2ccccc12)n1cc(C2CCN(C3CN(c4ccc5c(c4)C(=O)N(C4CCC(=O)NC4=O)C5=O)C3)CC2)cn1. The number of aromatic nitrogens is 2. The Labute approximate surface area is 300 Å². The van der Waals surface area contributed by atoms with Gasteiger partial charge < -0.3 is 10.2 Å². The number of piperidine rings is 2. The summed E-state index contributed by atoms with van der Waals surface area (Å²) >= 11 is 0. The summed E-state index contributed by atoms with van der Waals surface area (Å²) in [6, 6.07) is 17.9. The molecule has 52 heavy (non-hydrogen) atoms. The van der Waals surface area contributed by atoms with Gasteiger partial charge in [-0.3, -0.25) is 43.8 Å². The molecule has 0 aliphatic carbocycles. The molecular formula is C39H38N8O5. The second-order valence-corrected chi connectivity index (χ2v) is 14.6. The predicted molar refractivity (Wildman–Crippen MR) is 192 cm³/mol. The van der Waals surface area contributed by atoms with Crippen molar-refractivity contribution < 1.29 is 24.0 Å². The maximum atomic E-state index is 13.6. The van der Waals surface area contributed by atoms with E-state index in [1.54, 1.807) is 28.9 Å². The minimum absolute atomic E-state index is 0.0853. The lowest BCUT2D eigenvalue weighted by atomic mass is 9.90. The molecule has 0 spiro atoms. The van der Waals surface area contributed by atoms with Gasteiger partial charge in [0.05, 0.1) is 29.0 Å². The van der Waals surface area contributed by atoms with E-state index >= 15 is 0 Å². The van der Waals surface area contributed by atoms with Gasteiger partial charge in [0.15, 0.2) is 0 Å². The second-order valence-electron chi connectivity index (χ2n) is 14.6. The Kier molecular flexibility index (Phi) is 8.14. The third-order valence-electron chi connectivity index (χ3n) is 11.2. The van der Waals surface area contributed by atoms with Gasteiger partial charge in [-0.25, -0.2) is 0 Å². The number of nitrogens with zero attached hydrogens (tertiary/aromatic N) is 6. The van der Waals surface area contributed by atoms with Crippen molar-refractivity contribution in [3.05, 3.63) is 89.2 Å². The molecule has 0 saturated carbocycles. The highest BCUT2D eigenvalue weighted by molar-refractivity contribution is 6.23. The number of anilines is 2. The smallest absolute Gasteiger partial charge is 0.262 e. The van der Waals surface area contributed by atoms with Crippen LogP contribution in [0, 0.1) is 11.3 Å². The summed E-state index contributed by atoms with van der Waals surface area (Å²) in [5.74, 6) is -1.88. The van der Waals surface area contributed by atoms with Crippen LogP contribution in [-0.4, -0.2) is 87.4 Å². The molecule has 13 nitrogen and oxygen atoms in total. The topological polar surface area (TPSA) is 161 Å². The Balaban J connectivity index is 0.859. The lowest BCUT2D eigenvalue weighted by Crippen LogP contribution is -2.60. The van der Waals surface area contributed by atoms with E-state index < -0.39 is 35.2 Å². The predicted octanol–water partition coefficient (Wildman–Crippen LogP) is 3.75. The van der Waals surface area contributed by atoms with E-state index in [0.717, 1.165) is 65.9 Å². The van der Waals surface area contributed by atoms with Crippen LogP contribution in [0.15, 0.2) is 67.0 Å². The molecule has 5 amide bonds. The zero-order chi connectivity index (χ0) is 36.3. The molecule has 4 aliphatic heterocycles. The molecule has 264 valence electrons.